The molecule has 2 saturated heterocycles. The van der Waals surface area contributed by atoms with Crippen LogP contribution in [0.5, 0.6) is 0 Å². The van der Waals surface area contributed by atoms with Crippen LogP contribution in [0.25, 0.3) is 0 Å². The van der Waals surface area contributed by atoms with Crippen molar-refractivity contribution >= 4 is 42.2 Å². The zero-order valence-electron chi connectivity index (χ0n) is 27.3. The largest absolute Gasteiger partial charge is 0.494 e. The third-order valence-corrected chi connectivity index (χ3v) is 10.6. The third-order valence-electron chi connectivity index (χ3n) is 10.6. The van der Waals surface area contributed by atoms with Gasteiger partial charge in [-0.3, -0.25) is 0 Å². The monoisotopic (exact) mass is 579 g/mol. The van der Waals surface area contributed by atoms with Gasteiger partial charge in [-0.1, -0.05) is 55.7 Å². The van der Waals surface area contributed by atoms with Crippen molar-refractivity contribution in [3.63, 3.8) is 0 Å². The molecule has 2 heterocycles. The first-order valence-corrected chi connectivity index (χ1v) is 16.1. The lowest BCUT2D eigenvalue weighted by atomic mass is 9.79. The number of rotatable bonds is 6. The molecule has 0 atom stereocenters. The highest BCUT2D eigenvalue weighted by molar-refractivity contribution is 6.62. The van der Waals surface area contributed by atoms with Crippen LogP contribution in [-0.4, -0.2) is 36.6 Å². The molecule has 3 aliphatic rings. The summed E-state index contributed by atoms with van der Waals surface area (Å²) < 4.78 is 25.3. The van der Waals surface area contributed by atoms with Crippen molar-refractivity contribution in [2.24, 2.45) is 0 Å². The molecule has 3 fully saturated rings. The molecule has 226 valence electrons. The molecule has 0 aromatic heterocycles. The Hall–Kier alpha value is -2.57. The van der Waals surface area contributed by atoms with Crippen molar-refractivity contribution in [3.05, 3.63) is 78.4 Å². The summed E-state index contributed by atoms with van der Waals surface area (Å²) in [5.41, 5.74) is 5.29. The average molecular weight is 579 g/mol. The molecular formula is C36H47B2NO4. The summed E-state index contributed by atoms with van der Waals surface area (Å²) >= 11 is 0. The van der Waals surface area contributed by atoms with E-state index in [-0.39, 0.29) is 36.6 Å². The molecule has 5 nitrogen and oxygen atoms in total. The first-order chi connectivity index (χ1) is 20.3. The molecule has 2 aliphatic heterocycles. The van der Waals surface area contributed by atoms with Gasteiger partial charge in [0.1, 0.15) is 0 Å². The summed E-state index contributed by atoms with van der Waals surface area (Å²) in [7, 11) is -0.775. The average Bonchev–Trinajstić information content (AvgIpc) is 3.34. The van der Waals surface area contributed by atoms with E-state index in [1.165, 1.54) is 37.7 Å². The quantitative estimate of drug-likeness (QED) is 0.279. The van der Waals surface area contributed by atoms with E-state index in [2.05, 4.69) is 133 Å². The van der Waals surface area contributed by atoms with E-state index >= 15 is 0 Å². The Morgan fingerprint density at radius 3 is 1.16 bits per heavy atom. The van der Waals surface area contributed by atoms with E-state index in [4.69, 9.17) is 18.6 Å². The van der Waals surface area contributed by atoms with Crippen molar-refractivity contribution in [2.75, 3.05) is 4.90 Å². The lowest BCUT2D eigenvalue weighted by Gasteiger charge is -2.32. The van der Waals surface area contributed by atoms with Crippen molar-refractivity contribution in [3.8, 4) is 0 Å². The normalized spacial score (nSPS) is 22.6. The summed E-state index contributed by atoms with van der Waals surface area (Å²) in [5.74, 6) is 0.676. The minimum atomic E-state index is -0.388. The van der Waals surface area contributed by atoms with Crippen LogP contribution < -0.4 is 15.8 Å². The molecular weight excluding hydrogens is 532 g/mol. The second-order valence-electron chi connectivity index (χ2n) is 14.6. The number of benzene rings is 3. The van der Waals surface area contributed by atoms with Crippen LogP contribution in [-0.2, 0) is 18.6 Å². The van der Waals surface area contributed by atoms with Crippen molar-refractivity contribution in [1.29, 1.82) is 0 Å². The Bertz CT molecular complexity index is 1300. The summed E-state index contributed by atoms with van der Waals surface area (Å²) in [6.07, 6.45) is 6.63. The van der Waals surface area contributed by atoms with Crippen LogP contribution in [0.2, 0.25) is 0 Å². The lowest BCUT2D eigenvalue weighted by Crippen LogP contribution is -2.41. The Labute approximate surface area is 259 Å². The van der Waals surface area contributed by atoms with Crippen molar-refractivity contribution in [1.82, 2.24) is 0 Å². The van der Waals surface area contributed by atoms with Crippen LogP contribution in [0.3, 0.4) is 0 Å². The molecule has 0 N–H and O–H groups in total. The fraction of sp³-hybridized carbons (Fsp3) is 0.500. The van der Waals surface area contributed by atoms with Gasteiger partial charge in [0.25, 0.3) is 0 Å². The Kier molecular flexibility index (Phi) is 7.86. The van der Waals surface area contributed by atoms with Gasteiger partial charge in [0.15, 0.2) is 0 Å². The smallest absolute Gasteiger partial charge is 0.399 e. The highest BCUT2D eigenvalue weighted by Crippen LogP contribution is 2.40. The van der Waals surface area contributed by atoms with Gasteiger partial charge in [0, 0.05) is 17.1 Å². The molecule has 0 spiro atoms. The van der Waals surface area contributed by atoms with E-state index in [1.54, 1.807) is 0 Å². The van der Waals surface area contributed by atoms with Gasteiger partial charge < -0.3 is 23.5 Å². The van der Waals surface area contributed by atoms with Crippen LogP contribution in [0, 0.1) is 0 Å². The first kappa shape index (κ1) is 30.5. The van der Waals surface area contributed by atoms with Gasteiger partial charge in [-0.25, -0.2) is 0 Å². The van der Waals surface area contributed by atoms with Crippen LogP contribution >= 0.6 is 0 Å². The summed E-state index contributed by atoms with van der Waals surface area (Å²) in [5, 5.41) is 0. The lowest BCUT2D eigenvalue weighted by molar-refractivity contribution is 0.00578. The molecule has 43 heavy (non-hydrogen) atoms. The van der Waals surface area contributed by atoms with Crippen LogP contribution in [0.15, 0.2) is 72.8 Å². The molecule has 7 heteroatoms. The summed E-state index contributed by atoms with van der Waals surface area (Å²) in [4.78, 5) is 2.31. The minimum absolute atomic E-state index is 0.374. The zero-order chi connectivity index (χ0) is 30.6. The molecule has 1 aliphatic carbocycles. The number of hydrogen-bond acceptors (Lipinski definition) is 5. The molecule has 0 amide bonds. The maximum absolute atomic E-state index is 6.32. The maximum atomic E-state index is 6.32. The van der Waals surface area contributed by atoms with Crippen molar-refractivity contribution < 1.29 is 18.6 Å². The molecule has 3 aromatic rings. The molecule has 0 unspecified atom stereocenters. The Balaban J connectivity index is 1.30. The van der Waals surface area contributed by atoms with E-state index in [0.29, 0.717) is 5.92 Å². The van der Waals surface area contributed by atoms with Crippen LogP contribution in [0.4, 0.5) is 17.1 Å². The predicted molar refractivity (Wildman–Crippen MR) is 178 cm³/mol. The summed E-state index contributed by atoms with van der Waals surface area (Å²) in [6.45, 7) is 16.7. The standard InChI is InChI=1S/C36H47B2NO4/c1-33(2)34(3,4)41-37(40-33)28-16-22-31(23-17-28)39(30-20-14-27(15-21-30)26-12-10-9-11-13-26)32-24-18-29(19-25-32)38-42-35(5,6)36(7,8)43-38/h14-26H,9-13H2,1-8H3. The third kappa shape index (κ3) is 5.82. The molecule has 0 bridgehead atoms. The van der Waals surface area contributed by atoms with E-state index in [1.807, 2.05) is 0 Å². The molecule has 1 saturated carbocycles. The molecule has 0 radical (unpaired) electrons. The first-order valence-electron chi connectivity index (χ1n) is 16.1. The fourth-order valence-corrected chi connectivity index (χ4v) is 6.30. The SMILES string of the molecule is CC1(C)OB(c2ccc(N(c3ccc(B4OC(C)(C)C(C)(C)O4)cc3)c3ccc(C4CCCCC4)cc3)cc2)OC1(C)C. The van der Waals surface area contributed by atoms with Gasteiger partial charge in [-0.15, -0.1) is 0 Å². The molecule has 3 aromatic carbocycles. The highest BCUT2D eigenvalue weighted by atomic mass is 16.7. The van der Waals surface area contributed by atoms with Gasteiger partial charge in [-0.05, 0) is 127 Å². The van der Waals surface area contributed by atoms with Gasteiger partial charge in [-0.2, -0.15) is 0 Å². The summed E-state index contributed by atoms with van der Waals surface area (Å²) in [6, 6.07) is 26.4. The van der Waals surface area contributed by atoms with Gasteiger partial charge in [0.2, 0.25) is 0 Å². The number of nitrogens with zero attached hydrogens (tertiary/aromatic N) is 1. The molecule has 6 rings (SSSR count). The fourth-order valence-electron chi connectivity index (χ4n) is 6.30. The Morgan fingerprint density at radius 2 is 0.814 bits per heavy atom. The zero-order valence-corrected chi connectivity index (χ0v) is 27.3. The van der Waals surface area contributed by atoms with Gasteiger partial charge >= 0.3 is 14.2 Å². The Morgan fingerprint density at radius 1 is 0.488 bits per heavy atom. The predicted octanol–water partition coefficient (Wildman–Crippen LogP) is 7.80. The van der Waals surface area contributed by atoms with E-state index in [9.17, 15) is 0 Å². The van der Waals surface area contributed by atoms with E-state index < -0.39 is 0 Å². The van der Waals surface area contributed by atoms with Gasteiger partial charge in [0.05, 0.1) is 22.4 Å². The second-order valence-corrected chi connectivity index (χ2v) is 14.6. The minimum Gasteiger partial charge on any atom is -0.399 e. The van der Waals surface area contributed by atoms with E-state index in [0.717, 1.165) is 28.0 Å². The van der Waals surface area contributed by atoms with Crippen LogP contribution in [0.1, 0.15) is 99.0 Å². The number of hydrogen-bond donors (Lipinski definition) is 0. The maximum Gasteiger partial charge on any atom is 0.494 e. The van der Waals surface area contributed by atoms with Crippen molar-refractivity contribution in [2.45, 2.75) is 116 Å². The highest BCUT2D eigenvalue weighted by Gasteiger charge is 2.52. The second kappa shape index (κ2) is 11.1. The number of anilines is 3. The topological polar surface area (TPSA) is 40.2 Å².